The third-order valence-electron chi connectivity index (χ3n) is 3.03. The molecule has 0 fully saturated rings. The van der Waals surface area contributed by atoms with E-state index >= 15 is 0 Å². The summed E-state index contributed by atoms with van der Waals surface area (Å²) in [6.45, 7) is 1.72. The highest BCUT2D eigenvalue weighted by molar-refractivity contribution is 7.99. The Morgan fingerprint density at radius 3 is 2.60 bits per heavy atom. The molecule has 1 amide bonds. The van der Waals surface area contributed by atoms with Crippen molar-refractivity contribution in [2.45, 2.75) is 17.7 Å². The number of carbonyl (C=O) groups excluding carboxylic acids is 1. The second-order valence-electron chi connectivity index (χ2n) is 4.26. The van der Waals surface area contributed by atoms with E-state index in [1.807, 2.05) is 30.3 Å². The van der Waals surface area contributed by atoms with Gasteiger partial charge in [-0.15, -0.1) is 10.2 Å². The fraction of sp³-hybridized carbons (Fsp3) is 0.308. The molecule has 1 atom stereocenters. The molecule has 0 bridgehead atoms. The van der Waals surface area contributed by atoms with Gasteiger partial charge in [0.05, 0.1) is 0 Å². The minimum atomic E-state index is -0.978. The number of aryl methyl sites for hydroxylation is 1. The van der Waals surface area contributed by atoms with Crippen LogP contribution in [0.4, 0.5) is 0 Å². The van der Waals surface area contributed by atoms with Gasteiger partial charge in [-0.3, -0.25) is 4.79 Å². The summed E-state index contributed by atoms with van der Waals surface area (Å²) in [4.78, 5) is 12.0. The van der Waals surface area contributed by atoms with E-state index in [2.05, 4.69) is 15.5 Å². The van der Waals surface area contributed by atoms with Crippen LogP contribution in [0.15, 0.2) is 40.0 Å². The molecule has 6 nitrogen and oxygen atoms in total. The van der Waals surface area contributed by atoms with Crippen LogP contribution >= 0.6 is 11.8 Å². The molecule has 0 aliphatic carbocycles. The monoisotopic (exact) mass is 292 g/mol. The maximum atomic E-state index is 12.0. The minimum Gasteiger partial charge on any atom is -0.416 e. The number of likely N-dealkylation sites (N-methyl/N-ethyl adjacent to an activating group) is 1. The lowest BCUT2D eigenvalue weighted by Gasteiger charge is -2.29. The van der Waals surface area contributed by atoms with Gasteiger partial charge in [0.1, 0.15) is 5.54 Å². The lowest BCUT2D eigenvalue weighted by atomic mass is 9.91. The van der Waals surface area contributed by atoms with Crippen molar-refractivity contribution in [3.63, 3.8) is 0 Å². The number of nitrogens with two attached hydrogens (primary N) is 1. The van der Waals surface area contributed by atoms with E-state index in [1.54, 1.807) is 14.0 Å². The Hall–Kier alpha value is -1.86. The van der Waals surface area contributed by atoms with E-state index in [4.69, 9.17) is 10.2 Å². The van der Waals surface area contributed by atoms with Gasteiger partial charge in [-0.05, 0) is 12.6 Å². The van der Waals surface area contributed by atoms with Crippen molar-refractivity contribution in [3.8, 4) is 0 Å². The van der Waals surface area contributed by atoms with Crippen molar-refractivity contribution in [2.75, 3.05) is 12.8 Å². The Bertz CT molecular complexity index is 587. The first-order chi connectivity index (χ1) is 9.58. The highest BCUT2D eigenvalue weighted by Gasteiger charge is 2.37. The number of nitrogens with one attached hydrogen (secondary N) is 1. The molecule has 106 valence electrons. The Balaban J connectivity index is 2.26. The van der Waals surface area contributed by atoms with Gasteiger partial charge in [0.2, 0.25) is 11.8 Å². The van der Waals surface area contributed by atoms with E-state index in [0.29, 0.717) is 16.9 Å². The lowest BCUT2D eigenvalue weighted by Crippen LogP contribution is -2.53. The summed E-state index contributed by atoms with van der Waals surface area (Å²) in [7, 11) is 1.71. The molecule has 0 aliphatic heterocycles. The van der Waals surface area contributed by atoms with Crippen LogP contribution in [0.3, 0.4) is 0 Å². The summed E-state index contributed by atoms with van der Waals surface area (Å²) in [6.07, 6.45) is 0. The predicted octanol–water partition coefficient (Wildman–Crippen LogP) is 1.07. The number of benzene rings is 1. The highest BCUT2D eigenvalue weighted by Crippen LogP contribution is 2.28. The Labute approximate surface area is 121 Å². The minimum absolute atomic E-state index is 0.366. The van der Waals surface area contributed by atoms with Crippen LogP contribution in [0.2, 0.25) is 0 Å². The summed E-state index contributed by atoms with van der Waals surface area (Å²) in [5.74, 6) is 0.404. The van der Waals surface area contributed by atoms with Gasteiger partial charge in [0, 0.05) is 12.7 Å². The number of aromatic nitrogens is 2. The summed E-state index contributed by atoms with van der Waals surface area (Å²) in [5.41, 5.74) is 5.43. The number of amides is 1. The molecule has 0 saturated carbocycles. The molecule has 2 rings (SSSR count). The fourth-order valence-electron chi connectivity index (χ4n) is 1.87. The molecule has 0 saturated heterocycles. The van der Waals surface area contributed by atoms with Gasteiger partial charge in [-0.25, -0.2) is 0 Å². The number of hydrogen-bond acceptors (Lipinski definition) is 6. The van der Waals surface area contributed by atoms with E-state index in [9.17, 15) is 4.79 Å². The average molecular weight is 292 g/mol. The molecule has 2 aromatic rings. The fourth-order valence-corrected chi connectivity index (χ4v) is 2.94. The molecule has 1 unspecified atom stereocenters. The topological polar surface area (TPSA) is 94.0 Å². The normalized spacial score (nSPS) is 13.9. The molecule has 7 heteroatoms. The quantitative estimate of drug-likeness (QED) is 0.773. The zero-order valence-electron chi connectivity index (χ0n) is 11.3. The first-order valence-corrected chi connectivity index (χ1v) is 7.04. The molecule has 20 heavy (non-hydrogen) atoms. The van der Waals surface area contributed by atoms with Crippen molar-refractivity contribution in [3.05, 3.63) is 41.8 Å². The van der Waals surface area contributed by atoms with Crippen molar-refractivity contribution in [1.29, 1.82) is 0 Å². The number of nitrogens with zero attached hydrogens (tertiary/aromatic N) is 2. The number of primary amides is 1. The van der Waals surface area contributed by atoms with Crippen molar-refractivity contribution >= 4 is 17.7 Å². The zero-order chi connectivity index (χ0) is 14.6. The van der Waals surface area contributed by atoms with Crippen LogP contribution in [0, 0.1) is 6.92 Å². The number of carbonyl (C=O) groups is 1. The first kappa shape index (κ1) is 14.5. The second-order valence-corrected chi connectivity index (χ2v) is 5.19. The SMILES string of the molecule is CNC(CSc1nnc(C)o1)(C(N)=O)c1ccccc1. The van der Waals surface area contributed by atoms with Crippen LogP contribution in [0.5, 0.6) is 0 Å². The lowest BCUT2D eigenvalue weighted by molar-refractivity contribution is -0.123. The summed E-state index contributed by atoms with van der Waals surface area (Å²) in [5, 5.41) is 11.1. The van der Waals surface area contributed by atoms with Crippen molar-refractivity contribution in [2.24, 2.45) is 5.73 Å². The Kier molecular flexibility index (Phi) is 4.41. The predicted molar refractivity (Wildman–Crippen MR) is 76.1 cm³/mol. The van der Waals surface area contributed by atoms with Gasteiger partial charge in [0.25, 0.3) is 5.22 Å². The largest absolute Gasteiger partial charge is 0.416 e. The Morgan fingerprint density at radius 1 is 1.40 bits per heavy atom. The molecular weight excluding hydrogens is 276 g/mol. The van der Waals surface area contributed by atoms with Gasteiger partial charge in [-0.2, -0.15) is 0 Å². The first-order valence-electron chi connectivity index (χ1n) is 6.06. The second kappa shape index (κ2) is 6.06. The van der Waals surface area contributed by atoms with Crippen LogP contribution in [-0.2, 0) is 10.3 Å². The third kappa shape index (κ3) is 2.83. The van der Waals surface area contributed by atoms with Crippen LogP contribution in [0.25, 0.3) is 0 Å². The smallest absolute Gasteiger partial charge is 0.276 e. The molecule has 1 aromatic heterocycles. The van der Waals surface area contributed by atoms with E-state index in [1.165, 1.54) is 11.8 Å². The molecule has 0 spiro atoms. The third-order valence-corrected chi connectivity index (χ3v) is 4.02. The standard InChI is InChI=1S/C13H16N4O2S/c1-9-16-17-12(19-9)20-8-13(15-2,11(14)18)10-6-4-3-5-7-10/h3-7,15H,8H2,1-2H3,(H2,14,18). The van der Waals surface area contributed by atoms with Gasteiger partial charge >= 0.3 is 0 Å². The maximum absolute atomic E-state index is 12.0. The summed E-state index contributed by atoms with van der Waals surface area (Å²) in [6, 6.07) is 9.35. The summed E-state index contributed by atoms with van der Waals surface area (Å²) < 4.78 is 5.30. The number of rotatable bonds is 6. The summed E-state index contributed by atoms with van der Waals surface area (Å²) >= 11 is 1.29. The van der Waals surface area contributed by atoms with Gasteiger partial charge < -0.3 is 15.5 Å². The number of hydrogen-bond donors (Lipinski definition) is 2. The molecule has 0 radical (unpaired) electrons. The van der Waals surface area contributed by atoms with Crippen molar-refractivity contribution in [1.82, 2.24) is 15.5 Å². The average Bonchev–Trinajstić information content (AvgIpc) is 2.87. The maximum Gasteiger partial charge on any atom is 0.276 e. The zero-order valence-corrected chi connectivity index (χ0v) is 12.1. The van der Waals surface area contributed by atoms with Crippen molar-refractivity contribution < 1.29 is 9.21 Å². The number of thioether (sulfide) groups is 1. The molecule has 1 heterocycles. The van der Waals surface area contributed by atoms with Crippen LogP contribution in [0.1, 0.15) is 11.5 Å². The molecule has 1 aromatic carbocycles. The van der Waals surface area contributed by atoms with E-state index < -0.39 is 11.4 Å². The highest BCUT2D eigenvalue weighted by atomic mass is 32.2. The molecular formula is C13H16N4O2S. The van der Waals surface area contributed by atoms with Gasteiger partial charge in [0.15, 0.2) is 0 Å². The molecule has 0 aliphatic rings. The Morgan fingerprint density at radius 2 is 2.10 bits per heavy atom. The van der Waals surface area contributed by atoms with Gasteiger partial charge in [-0.1, -0.05) is 42.1 Å². The molecule has 3 N–H and O–H groups in total. The van der Waals surface area contributed by atoms with E-state index in [-0.39, 0.29) is 0 Å². The van der Waals surface area contributed by atoms with Crippen LogP contribution in [-0.4, -0.2) is 28.9 Å². The van der Waals surface area contributed by atoms with E-state index in [0.717, 1.165) is 5.56 Å². The van der Waals surface area contributed by atoms with Crippen LogP contribution < -0.4 is 11.1 Å².